The van der Waals surface area contributed by atoms with Gasteiger partial charge in [0.25, 0.3) is 0 Å². The third-order valence-corrected chi connectivity index (χ3v) is 4.64. The molecule has 2 atom stereocenters. The molecular formula is C9H20ClNO3S. The minimum Gasteiger partial charge on any atom is -0.394 e. The van der Waals surface area contributed by atoms with E-state index < -0.39 is 15.6 Å². The van der Waals surface area contributed by atoms with Crippen molar-refractivity contribution in [3.63, 3.8) is 0 Å². The van der Waals surface area contributed by atoms with Crippen molar-refractivity contribution >= 4 is 21.6 Å². The zero-order valence-electron chi connectivity index (χ0n) is 9.46. The monoisotopic (exact) mass is 257 g/mol. The summed E-state index contributed by atoms with van der Waals surface area (Å²) in [5.41, 5.74) is -0.773. The molecule has 0 aliphatic carbocycles. The van der Waals surface area contributed by atoms with E-state index in [9.17, 15) is 8.42 Å². The lowest BCUT2D eigenvalue weighted by atomic mass is 10.0. The number of alkyl halides is 1. The van der Waals surface area contributed by atoms with Crippen LogP contribution in [0.3, 0.4) is 0 Å². The average Bonchev–Trinajstić information content (AvgIpc) is 2.16. The second kappa shape index (κ2) is 6.03. The SMILES string of the molecule is CCC(C)(CO)NS(=O)(=O)CC(C)CCl. The summed E-state index contributed by atoms with van der Waals surface area (Å²) in [6.45, 7) is 5.06. The molecule has 2 N–H and O–H groups in total. The molecule has 4 nitrogen and oxygen atoms in total. The van der Waals surface area contributed by atoms with E-state index in [0.29, 0.717) is 12.3 Å². The van der Waals surface area contributed by atoms with Gasteiger partial charge in [0.15, 0.2) is 0 Å². The van der Waals surface area contributed by atoms with E-state index in [4.69, 9.17) is 16.7 Å². The van der Waals surface area contributed by atoms with Crippen LogP contribution in [-0.4, -0.2) is 37.3 Å². The predicted molar refractivity (Wildman–Crippen MR) is 62.6 cm³/mol. The van der Waals surface area contributed by atoms with Gasteiger partial charge in [-0.05, 0) is 19.3 Å². The van der Waals surface area contributed by atoms with Gasteiger partial charge in [-0.1, -0.05) is 13.8 Å². The van der Waals surface area contributed by atoms with Crippen molar-refractivity contribution in [2.24, 2.45) is 5.92 Å². The Hall–Kier alpha value is 0.160. The van der Waals surface area contributed by atoms with E-state index in [-0.39, 0.29) is 18.3 Å². The standard InChI is InChI=1S/C9H20ClNO3S/c1-4-9(3,7-12)11-15(13,14)6-8(2)5-10/h8,11-12H,4-7H2,1-3H3. The number of hydrogen-bond acceptors (Lipinski definition) is 3. The molecule has 0 saturated heterocycles. The molecule has 0 rings (SSSR count). The number of sulfonamides is 1. The van der Waals surface area contributed by atoms with Crippen molar-refractivity contribution in [3.8, 4) is 0 Å². The van der Waals surface area contributed by atoms with Crippen LogP contribution in [-0.2, 0) is 10.0 Å². The van der Waals surface area contributed by atoms with Gasteiger partial charge in [-0.15, -0.1) is 11.6 Å². The Kier molecular flexibility index (Phi) is 6.10. The molecule has 0 saturated carbocycles. The molecule has 6 heteroatoms. The van der Waals surface area contributed by atoms with Crippen LogP contribution in [0.2, 0.25) is 0 Å². The Balaban J connectivity index is 4.50. The topological polar surface area (TPSA) is 66.4 Å². The highest BCUT2D eigenvalue weighted by Crippen LogP contribution is 2.11. The van der Waals surface area contributed by atoms with Gasteiger partial charge in [0, 0.05) is 5.88 Å². The fourth-order valence-electron chi connectivity index (χ4n) is 1.05. The minimum atomic E-state index is -3.37. The Morgan fingerprint density at radius 3 is 2.40 bits per heavy atom. The van der Waals surface area contributed by atoms with Gasteiger partial charge in [0.05, 0.1) is 17.9 Å². The molecule has 0 aromatic heterocycles. The molecular weight excluding hydrogens is 238 g/mol. The van der Waals surface area contributed by atoms with Gasteiger partial charge in [-0.3, -0.25) is 0 Å². The number of rotatable bonds is 7. The molecule has 0 aromatic rings. The summed E-state index contributed by atoms with van der Waals surface area (Å²) in [5.74, 6) is 0.207. The molecule has 0 spiro atoms. The quantitative estimate of drug-likeness (QED) is 0.667. The van der Waals surface area contributed by atoms with Crippen molar-refractivity contribution in [2.45, 2.75) is 32.7 Å². The average molecular weight is 258 g/mol. The van der Waals surface area contributed by atoms with Crippen LogP contribution in [0.1, 0.15) is 27.2 Å². The number of hydrogen-bond donors (Lipinski definition) is 2. The Labute approximate surface area is 97.1 Å². The molecule has 0 radical (unpaired) electrons. The molecule has 0 heterocycles. The summed E-state index contributed by atoms with van der Waals surface area (Å²) in [4.78, 5) is 0. The summed E-state index contributed by atoms with van der Waals surface area (Å²) in [7, 11) is -3.37. The molecule has 15 heavy (non-hydrogen) atoms. The Morgan fingerprint density at radius 1 is 1.53 bits per heavy atom. The molecule has 2 unspecified atom stereocenters. The van der Waals surface area contributed by atoms with E-state index in [1.807, 2.05) is 6.92 Å². The molecule has 92 valence electrons. The molecule has 0 aliphatic rings. The first-order valence-corrected chi connectivity index (χ1v) is 7.15. The number of halogens is 1. The summed E-state index contributed by atoms with van der Waals surface area (Å²) >= 11 is 5.56. The second-order valence-corrected chi connectivity index (χ2v) is 6.29. The van der Waals surface area contributed by atoms with Crippen molar-refractivity contribution in [1.29, 1.82) is 0 Å². The molecule has 0 amide bonds. The summed E-state index contributed by atoms with van der Waals surface area (Å²) < 4.78 is 25.8. The van der Waals surface area contributed by atoms with Crippen molar-refractivity contribution in [3.05, 3.63) is 0 Å². The lowest BCUT2D eigenvalue weighted by Crippen LogP contribution is -2.49. The van der Waals surface area contributed by atoms with Crippen LogP contribution < -0.4 is 4.72 Å². The fourth-order valence-corrected chi connectivity index (χ4v) is 3.20. The van der Waals surface area contributed by atoms with Crippen molar-refractivity contribution in [2.75, 3.05) is 18.2 Å². The van der Waals surface area contributed by atoms with Gasteiger partial charge in [-0.2, -0.15) is 0 Å². The van der Waals surface area contributed by atoms with Gasteiger partial charge in [0.1, 0.15) is 0 Å². The first-order chi connectivity index (χ1) is 6.78. The van der Waals surface area contributed by atoms with Crippen LogP contribution >= 0.6 is 11.6 Å². The highest BCUT2D eigenvalue weighted by molar-refractivity contribution is 7.89. The number of aliphatic hydroxyl groups is 1. The maximum absolute atomic E-state index is 11.7. The summed E-state index contributed by atoms with van der Waals surface area (Å²) in [6.07, 6.45) is 0.540. The highest BCUT2D eigenvalue weighted by atomic mass is 35.5. The largest absolute Gasteiger partial charge is 0.394 e. The molecule has 0 aliphatic heterocycles. The molecule has 0 fully saturated rings. The van der Waals surface area contributed by atoms with Crippen molar-refractivity contribution < 1.29 is 13.5 Å². The van der Waals surface area contributed by atoms with E-state index in [0.717, 1.165) is 0 Å². The van der Waals surface area contributed by atoms with E-state index in [2.05, 4.69) is 4.72 Å². The number of aliphatic hydroxyl groups excluding tert-OH is 1. The lowest BCUT2D eigenvalue weighted by Gasteiger charge is -2.27. The van der Waals surface area contributed by atoms with Crippen LogP contribution in [0, 0.1) is 5.92 Å². The third-order valence-electron chi connectivity index (χ3n) is 2.30. The normalized spacial score (nSPS) is 18.5. The van der Waals surface area contributed by atoms with E-state index >= 15 is 0 Å². The lowest BCUT2D eigenvalue weighted by molar-refractivity contribution is 0.191. The maximum Gasteiger partial charge on any atom is 0.212 e. The first-order valence-electron chi connectivity index (χ1n) is 4.97. The van der Waals surface area contributed by atoms with Gasteiger partial charge < -0.3 is 5.11 Å². The maximum atomic E-state index is 11.7. The smallest absolute Gasteiger partial charge is 0.212 e. The van der Waals surface area contributed by atoms with Crippen molar-refractivity contribution in [1.82, 2.24) is 4.72 Å². The van der Waals surface area contributed by atoms with Crippen LogP contribution in [0.5, 0.6) is 0 Å². The fraction of sp³-hybridized carbons (Fsp3) is 1.00. The predicted octanol–water partition coefficient (Wildman–Crippen LogP) is 0.942. The Bertz CT molecular complexity index is 275. The van der Waals surface area contributed by atoms with Gasteiger partial charge >= 0.3 is 0 Å². The molecule has 0 aromatic carbocycles. The van der Waals surface area contributed by atoms with E-state index in [1.54, 1.807) is 13.8 Å². The van der Waals surface area contributed by atoms with Crippen LogP contribution in [0.4, 0.5) is 0 Å². The molecule has 0 bridgehead atoms. The third kappa shape index (κ3) is 5.70. The minimum absolute atomic E-state index is 0.00785. The van der Waals surface area contributed by atoms with Crippen LogP contribution in [0.15, 0.2) is 0 Å². The second-order valence-electron chi connectivity index (χ2n) is 4.22. The highest BCUT2D eigenvalue weighted by Gasteiger charge is 2.27. The first kappa shape index (κ1) is 15.2. The number of nitrogens with one attached hydrogen (secondary N) is 1. The Morgan fingerprint density at radius 2 is 2.07 bits per heavy atom. The summed E-state index contributed by atoms with van der Waals surface area (Å²) in [5, 5.41) is 9.09. The zero-order valence-corrected chi connectivity index (χ0v) is 11.0. The van der Waals surface area contributed by atoms with Crippen LogP contribution in [0.25, 0.3) is 0 Å². The summed E-state index contributed by atoms with van der Waals surface area (Å²) in [6, 6.07) is 0. The van der Waals surface area contributed by atoms with E-state index in [1.165, 1.54) is 0 Å². The van der Waals surface area contributed by atoms with Gasteiger partial charge in [-0.25, -0.2) is 13.1 Å². The zero-order chi connectivity index (χ0) is 12.1. The van der Waals surface area contributed by atoms with Gasteiger partial charge in [0.2, 0.25) is 10.0 Å².